The summed E-state index contributed by atoms with van der Waals surface area (Å²) >= 11 is 0. The van der Waals surface area contributed by atoms with Crippen molar-refractivity contribution in [2.45, 2.75) is 76.9 Å². The normalized spacial score (nSPS) is 25.2. The Morgan fingerprint density at radius 1 is 1.24 bits per heavy atom. The Morgan fingerprint density at radius 3 is 2.82 bits per heavy atom. The molecule has 0 aromatic heterocycles. The highest BCUT2D eigenvalue weighted by Crippen LogP contribution is 2.13. The van der Waals surface area contributed by atoms with Crippen LogP contribution >= 0.6 is 0 Å². The van der Waals surface area contributed by atoms with E-state index in [1.54, 1.807) is 0 Å². The predicted octanol–water partition coefficient (Wildman–Crippen LogP) is 2.05. The number of aliphatic hydroxyl groups is 1. The van der Waals surface area contributed by atoms with E-state index in [9.17, 15) is 0 Å². The van der Waals surface area contributed by atoms with E-state index >= 15 is 0 Å². The highest BCUT2D eigenvalue weighted by Gasteiger charge is 2.15. The summed E-state index contributed by atoms with van der Waals surface area (Å²) in [5.74, 6) is 0. The van der Waals surface area contributed by atoms with Crippen molar-refractivity contribution in [1.82, 2.24) is 10.6 Å². The maximum atomic E-state index is 8.80. The van der Waals surface area contributed by atoms with E-state index in [4.69, 9.17) is 5.11 Å². The zero-order valence-corrected chi connectivity index (χ0v) is 11.5. The van der Waals surface area contributed by atoms with Crippen LogP contribution in [-0.4, -0.2) is 36.4 Å². The monoisotopic (exact) mass is 242 g/mol. The Kier molecular flexibility index (Phi) is 7.82. The van der Waals surface area contributed by atoms with Crippen LogP contribution in [0.2, 0.25) is 0 Å². The van der Waals surface area contributed by atoms with E-state index in [2.05, 4.69) is 24.5 Å². The molecule has 1 saturated heterocycles. The van der Waals surface area contributed by atoms with Gasteiger partial charge in [0.1, 0.15) is 0 Å². The van der Waals surface area contributed by atoms with Gasteiger partial charge in [-0.1, -0.05) is 12.8 Å². The van der Waals surface area contributed by atoms with Crippen molar-refractivity contribution in [3.63, 3.8) is 0 Å². The van der Waals surface area contributed by atoms with Gasteiger partial charge in [-0.15, -0.1) is 0 Å². The fourth-order valence-corrected chi connectivity index (χ4v) is 2.76. The minimum absolute atomic E-state index is 0.310. The van der Waals surface area contributed by atoms with E-state index in [1.807, 2.05) is 0 Å². The van der Waals surface area contributed by atoms with Crippen LogP contribution in [0, 0.1) is 0 Å². The van der Waals surface area contributed by atoms with Crippen LogP contribution in [0.3, 0.4) is 0 Å². The summed E-state index contributed by atoms with van der Waals surface area (Å²) < 4.78 is 0. The fraction of sp³-hybridized carbons (Fsp3) is 1.00. The molecular weight excluding hydrogens is 212 g/mol. The second kappa shape index (κ2) is 8.90. The average molecular weight is 242 g/mol. The maximum absolute atomic E-state index is 8.80. The van der Waals surface area contributed by atoms with Crippen molar-refractivity contribution < 1.29 is 5.11 Å². The molecule has 102 valence electrons. The van der Waals surface area contributed by atoms with Crippen LogP contribution in [0.1, 0.15) is 58.8 Å². The molecule has 1 aliphatic heterocycles. The largest absolute Gasteiger partial charge is 0.396 e. The first kappa shape index (κ1) is 14.9. The first-order valence-corrected chi connectivity index (χ1v) is 7.32. The highest BCUT2D eigenvalue weighted by molar-refractivity contribution is 4.77. The van der Waals surface area contributed by atoms with Gasteiger partial charge in [0, 0.05) is 24.7 Å². The quantitative estimate of drug-likeness (QED) is 0.640. The molecule has 0 saturated carbocycles. The summed E-state index contributed by atoms with van der Waals surface area (Å²) in [5, 5.41) is 16.1. The van der Waals surface area contributed by atoms with Crippen molar-refractivity contribution in [2.24, 2.45) is 0 Å². The van der Waals surface area contributed by atoms with Gasteiger partial charge >= 0.3 is 0 Å². The standard InChI is InChI=1S/C14H30N2O/c1-12(7-6-10-17)16-13(2)11-14-8-4-3-5-9-15-14/h12-17H,3-11H2,1-2H3. The van der Waals surface area contributed by atoms with Crippen molar-refractivity contribution >= 4 is 0 Å². The summed E-state index contributed by atoms with van der Waals surface area (Å²) in [4.78, 5) is 0. The molecule has 3 N–H and O–H groups in total. The van der Waals surface area contributed by atoms with Crippen molar-refractivity contribution in [3.05, 3.63) is 0 Å². The third-order valence-electron chi connectivity index (χ3n) is 3.66. The molecule has 1 heterocycles. The zero-order valence-electron chi connectivity index (χ0n) is 11.5. The lowest BCUT2D eigenvalue weighted by atomic mass is 10.0. The second-order valence-electron chi connectivity index (χ2n) is 5.57. The molecule has 3 heteroatoms. The van der Waals surface area contributed by atoms with E-state index in [0.29, 0.717) is 24.7 Å². The van der Waals surface area contributed by atoms with Crippen LogP contribution in [0.25, 0.3) is 0 Å². The number of nitrogens with one attached hydrogen (secondary N) is 2. The molecule has 1 aliphatic rings. The molecule has 1 fully saturated rings. The summed E-state index contributed by atoms with van der Waals surface area (Å²) in [5.41, 5.74) is 0. The molecule has 0 aliphatic carbocycles. The van der Waals surface area contributed by atoms with Gasteiger partial charge in [0.2, 0.25) is 0 Å². The SMILES string of the molecule is CC(CCCO)NC(C)CC1CCCCCN1. The topological polar surface area (TPSA) is 44.3 Å². The van der Waals surface area contributed by atoms with Gasteiger partial charge < -0.3 is 15.7 Å². The van der Waals surface area contributed by atoms with Crippen molar-refractivity contribution in [1.29, 1.82) is 0 Å². The third-order valence-corrected chi connectivity index (χ3v) is 3.66. The second-order valence-corrected chi connectivity index (χ2v) is 5.57. The molecule has 0 aromatic carbocycles. The van der Waals surface area contributed by atoms with E-state index in [1.165, 1.54) is 38.6 Å². The summed E-state index contributed by atoms with van der Waals surface area (Å²) in [7, 11) is 0. The summed E-state index contributed by atoms with van der Waals surface area (Å²) in [6.07, 6.45) is 8.63. The Morgan fingerprint density at radius 2 is 2.06 bits per heavy atom. The minimum Gasteiger partial charge on any atom is -0.396 e. The first-order chi connectivity index (χ1) is 8.22. The average Bonchev–Trinajstić information content (AvgIpc) is 2.54. The Hall–Kier alpha value is -0.120. The van der Waals surface area contributed by atoms with Gasteiger partial charge in [-0.2, -0.15) is 0 Å². The predicted molar refractivity (Wildman–Crippen MR) is 73.3 cm³/mol. The van der Waals surface area contributed by atoms with Crippen molar-refractivity contribution in [2.75, 3.05) is 13.2 Å². The minimum atomic E-state index is 0.310. The van der Waals surface area contributed by atoms with E-state index in [0.717, 1.165) is 12.8 Å². The van der Waals surface area contributed by atoms with Gasteiger partial charge in [-0.05, 0) is 52.5 Å². The van der Waals surface area contributed by atoms with Crippen molar-refractivity contribution in [3.8, 4) is 0 Å². The lowest BCUT2D eigenvalue weighted by Gasteiger charge is -2.24. The Balaban J connectivity index is 2.15. The number of rotatable bonds is 7. The molecule has 0 amide bonds. The molecule has 1 rings (SSSR count). The summed E-state index contributed by atoms with van der Waals surface area (Å²) in [6.45, 7) is 6.00. The molecule has 3 atom stereocenters. The van der Waals surface area contributed by atoms with E-state index < -0.39 is 0 Å². The molecule has 0 spiro atoms. The zero-order chi connectivity index (χ0) is 12.5. The maximum Gasteiger partial charge on any atom is 0.0431 e. The van der Waals surface area contributed by atoms with Crippen LogP contribution in [-0.2, 0) is 0 Å². The van der Waals surface area contributed by atoms with Crippen LogP contribution in [0.5, 0.6) is 0 Å². The van der Waals surface area contributed by atoms with Crippen LogP contribution in [0.15, 0.2) is 0 Å². The van der Waals surface area contributed by atoms with Gasteiger partial charge in [0.05, 0.1) is 0 Å². The molecular formula is C14H30N2O. The number of hydrogen-bond acceptors (Lipinski definition) is 3. The Labute approximate surface area is 106 Å². The fourth-order valence-electron chi connectivity index (χ4n) is 2.76. The van der Waals surface area contributed by atoms with Crippen LogP contribution < -0.4 is 10.6 Å². The smallest absolute Gasteiger partial charge is 0.0431 e. The third kappa shape index (κ3) is 7.02. The molecule has 0 aromatic rings. The first-order valence-electron chi connectivity index (χ1n) is 7.32. The van der Waals surface area contributed by atoms with Gasteiger partial charge in [0.15, 0.2) is 0 Å². The molecule has 3 unspecified atom stereocenters. The lowest BCUT2D eigenvalue weighted by Crippen LogP contribution is -2.40. The van der Waals surface area contributed by atoms with Gasteiger partial charge in [-0.25, -0.2) is 0 Å². The molecule has 0 radical (unpaired) electrons. The summed E-state index contributed by atoms with van der Waals surface area (Å²) in [6, 6.07) is 1.78. The lowest BCUT2D eigenvalue weighted by molar-refractivity contribution is 0.272. The molecule has 17 heavy (non-hydrogen) atoms. The number of hydrogen-bond donors (Lipinski definition) is 3. The highest BCUT2D eigenvalue weighted by atomic mass is 16.2. The molecule has 0 bridgehead atoms. The van der Waals surface area contributed by atoms with Crippen LogP contribution in [0.4, 0.5) is 0 Å². The number of aliphatic hydroxyl groups excluding tert-OH is 1. The van der Waals surface area contributed by atoms with E-state index in [-0.39, 0.29) is 0 Å². The Bertz CT molecular complexity index is 179. The van der Waals surface area contributed by atoms with Gasteiger partial charge in [0.25, 0.3) is 0 Å². The van der Waals surface area contributed by atoms with Gasteiger partial charge in [-0.3, -0.25) is 0 Å². The molecule has 3 nitrogen and oxygen atoms in total.